The molecule has 0 bridgehead atoms. The molecule has 0 spiro atoms. The van der Waals surface area contributed by atoms with E-state index in [1.54, 1.807) is 11.3 Å². The van der Waals surface area contributed by atoms with Crippen LogP contribution < -0.4 is 0 Å². The molecule has 1 atom stereocenters. The van der Waals surface area contributed by atoms with Crippen molar-refractivity contribution in [3.05, 3.63) is 51.0 Å². The van der Waals surface area contributed by atoms with Crippen LogP contribution in [-0.4, -0.2) is 4.98 Å². The van der Waals surface area contributed by atoms with Gasteiger partial charge in [-0.2, -0.15) is 0 Å². The van der Waals surface area contributed by atoms with Crippen molar-refractivity contribution in [3.63, 3.8) is 0 Å². The van der Waals surface area contributed by atoms with E-state index < -0.39 is 0 Å². The first kappa shape index (κ1) is 12.8. The normalized spacial score (nSPS) is 12.7. The molecule has 90 valence electrons. The maximum atomic E-state index is 4.48. The molecule has 1 aromatic carbocycles. The van der Waals surface area contributed by atoms with Gasteiger partial charge in [-0.3, -0.25) is 0 Å². The summed E-state index contributed by atoms with van der Waals surface area (Å²) in [6, 6.07) is 8.69. The molecular weight excluding hydrogens is 294 g/mol. The van der Waals surface area contributed by atoms with Crippen LogP contribution in [0.4, 0.5) is 0 Å². The number of halogens is 1. The molecule has 0 saturated heterocycles. The van der Waals surface area contributed by atoms with Gasteiger partial charge in [-0.1, -0.05) is 45.8 Å². The molecule has 0 N–H and O–H groups in total. The summed E-state index contributed by atoms with van der Waals surface area (Å²) in [6.07, 6.45) is 1.02. The molecule has 1 unspecified atom stereocenters. The quantitative estimate of drug-likeness (QED) is 0.746. The first-order valence-corrected chi connectivity index (χ1v) is 7.43. The fraction of sp³-hybridized carbons (Fsp3) is 0.357. The highest BCUT2D eigenvalue weighted by Crippen LogP contribution is 2.33. The zero-order valence-electron chi connectivity index (χ0n) is 10.3. The molecule has 0 amide bonds. The van der Waals surface area contributed by atoms with Crippen LogP contribution in [0.2, 0.25) is 0 Å². The van der Waals surface area contributed by atoms with E-state index in [4.69, 9.17) is 0 Å². The van der Waals surface area contributed by atoms with Gasteiger partial charge in [-0.05, 0) is 32.8 Å². The molecule has 1 nitrogen and oxygen atoms in total. The number of aromatic nitrogens is 1. The summed E-state index contributed by atoms with van der Waals surface area (Å²) in [5.74, 6) is 0. The number of hydrogen-bond acceptors (Lipinski definition) is 2. The minimum atomic E-state index is 0.371. The van der Waals surface area contributed by atoms with Crippen molar-refractivity contribution in [2.24, 2.45) is 0 Å². The lowest BCUT2D eigenvalue weighted by Gasteiger charge is -2.09. The van der Waals surface area contributed by atoms with Gasteiger partial charge in [0.25, 0.3) is 0 Å². The molecule has 0 fully saturated rings. The molecular formula is C14H16BrNS. The van der Waals surface area contributed by atoms with Crippen molar-refractivity contribution >= 4 is 27.3 Å². The minimum Gasteiger partial charge on any atom is -0.247 e. The van der Waals surface area contributed by atoms with Crippen LogP contribution in [0.3, 0.4) is 0 Å². The van der Waals surface area contributed by atoms with E-state index in [1.807, 2.05) is 0 Å². The third kappa shape index (κ3) is 3.17. The Hall–Kier alpha value is -0.670. The van der Waals surface area contributed by atoms with Gasteiger partial charge in [0.1, 0.15) is 0 Å². The van der Waals surface area contributed by atoms with Crippen molar-refractivity contribution in [1.82, 2.24) is 4.98 Å². The standard InChI is InChI=1S/C14H16BrNS/c1-9-5-4-6-12(7-9)8-13(15)14-10(2)16-11(3)17-14/h4-7,13H,8H2,1-3H3. The third-order valence-corrected chi connectivity index (χ3v) is 4.99. The molecule has 1 heterocycles. The number of aryl methyl sites for hydroxylation is 3. The fourth-order valence-electron chi connectivity index (χ4n) is 1.98. The van der Waals surface area contributed by atoms with Gasteiger partial charge in [-0.15, -0.1) is 11.3 Å². The van der Waals surface area contributed by atoms with E-state index >= 15 is 0 Å². The van der Waals surface area contributed by atoms with Crippen molar-refractivity contribution in [3.8, 4) is 0 Å². The monoisotopic (exact) mass is 309 g/mol. The van der Waals surface area contributed by atoms with Gasteiger partial charge < -0.3 is 0 Å². The lowest BCUT2D eigenvalue weighted by atomic mass is 10.1. The Kier molecular flexibility index (Phi) is 4.00. The van der Waals surface area contributed by atoms with Crippen LogP contribution in [0.25, 0.3) is 0 Å². The van der Waals surface area contributed by atoms with Crippen molar-refractivity contribution < 1.29 is 0 Å². The Bertz CT molecular complexity index is 519. The van der Waals surface area contributed by atoms with Gasteiger partial charge in [-0.25, -0.2) is 4.98 Å². The highest BCUT2D eigenvalue weighted by Gasteiger charge is 2.15. The van der Waals surface area contributed by atoms with Gasteiger partial charge in [0.2, 0.25) is 0 Å². The second-order valence-corrected chi connectivity index (χ2v) is 6.68. The third-order valence-electron chi connectivity index (χ3n) is 2.72. The van der Waals surface area contributed by atoms with Crippen LogP contribution in [-0.2, 0) is 6.42 Å². The van der Waals surface area contributed by atoms with E-state index in [-0.39, 0.29) is 0 Å². The first-order valence-electron chi connectivity index (χ1n) is 5.70. The van der Waals surface area contributed by atoms with Crippen molar-refractivity contribution in [2.45, 2.75) is 32.0 Å². The maximum Gasteiger partial charge on any atom is 0.0900 e. The number of nitrogens with zero attached hydrogens (tertiary/aromatic N) is 1. The lowest BCUT2D eigenvalue weighted by Crippen LogP contribution is -1.95. The van der Waals surface area contributed by atoms with Crippen LogP contribution in [0.1, 0.15) is 31.5 Å². The number of thiazole rings is 1. The molecule has 0 aliphatic heterocycles. The topological polar surface area (TPSA) is 12.9 Å². The molecule has 0 aliphatic rings. The number of alkyl halides is 1. The Balaban J connectivity index is 2.16. The summed E-state index contributed by atoms with van der Waals surface area (Å²) in [6.45, 7) is 6.28. The molecule has 1 aromatic heterocycles. The Morgan fingerprint density at radius 1 is 1.29 bits per heavy atom. The second-order valence-electron chi connectivity index (χ2n) is 4.34. The SMILES string of the molecule is Cc1cccc(CC(Br)c2sc(C)nc2C)c1. The van der Waals surface area contributed by atoms with E-state index in [9.17, 15) is 0 Å². The predicted octanol–water partition coefficient (Wildman–Crippen LogP) is 4.75. The molecule has 0 saturated carbocycles. The van der Waals surface area contributed by atoms with Crippen molar-refractivity contribution in [2.75, 3.05) is 0 Å². The first-order chi connectivity index (χ1) is 8.06. The highest BCUT2D eigenvalue weighted by atomic mass is 79.9. The molecule has 0 aliphatic carbocycles. The van der Waals surface area contributed by atoms with Crippen LogP contribution in [0.15, 0.2) is 24.3 Å². The van der Waals surface area contributed by atoms with E-state index in [2.05, 4.69) is 66.0 Å². The summed E-state index contributed by atoms with van der Waals surface area (Å²) >= 11 is 5.57. The van der Waals surface area contributed by atoms with Gasteiger partial charge in [0.05, 0.1) is 15.5 Å². The summed E-state index contributed by atoms with van der Waals surface area (Å²) in [4.78, 5) is 6.20. The van der Waals surface area contributed by atoms with Gasteiger partial charge >= 0.3 is 0 Å². The largest absolute Gasteiger partial charge is 0.247 e. The fourth-order valence-corrected chi connectivity index (χ4v) is 3.87. The number of benzene rings is 1. The van der Waals surface area contributed by atoms with Crippen LogP contribution in [0.5, 0.6) is 0 Å². The molecule has 2 aromatic rings. The number of rotatable bonds is 3. The van der Waals surface area contributed by atoms with Crippen molar-refractivity contribution in [1.29, 1.82) is 0 Å². The second kappa shape index (κ2) is 5.32. The Morgan fingerprint density at radius 2 is 2.06 bits per heavy atom. The summed E-state index contributed by atoms with van der Waals surface area (Å²) in [7, 11) is 0. The minimum absolute atomic E-state index is 0.371. The summed E-state index contributed by atoms with van der Waals surface area (Å²) < 4.78 is 0. The maximum absolute atomic E-state index is 4.48. The molecule has 2 rings (SSSR count). The van der Waals surface area contributed by atoms with Crippen LogP contribution in [0, 0.1) is 20.8 Å². The zero-order valence-corrected chi connectivity index (χ0v) is 12.7. The highest BCUT2D eigenvalue weighted by molar-refractivity contribution is 9.09. The van der Waals surface area contributed by atoms with Crippen LogP contribution >= 0.6 is 27.3 Å². The van der Waals surface area contributed by atoms with E-state index in [0.717, 1.165) is 17.1 Å². The average molecular weight is 310 g/mol. The average Bonchev–Trinajstić information content (AvgIpc) is 2.58. The molecule has 3 heteroatoms. The Labute approximate surface area is 115 Å². The zero-order chi connectivity index (χ0) is 12.4. The van der Waals surface area contributed by atoms with Gasteiger partial charge in [0, 0.05) is 4.88 Å². The molecule has 0 radical (unpaired) electrons. The molecule has 17 heavy (non-hydrogen) atoms. The number of hydrogen-bond donors (Lipinski definition) is 0. The summed E-state index contributed by atoms with van der Waals surface area (Å²) in [5, 5.41) is 1.14. The van der Waals surface area contributed by atoms with E-state index in [0.29, 0.717) is 4.83 Å². The smallest absolute Gasteiger partial charge is 0.0900 e. The Morgan fingerprint density at radius 3 is 2.65 bits per heavy atom. The summed E-state index contributed by atoms with van der Waals surface area (Å²) in [5.41, 5.74) is 3.85. The predicted molar refractivity (Wildman–Crippen MR) is 78.1 cm³/mol. The van der Waals surface area contributed by atoms with Gasteiger partial charge in [0.15, 0.2) is 0 Å². The lowest BCUT2D eigenvalue weighted by molar-refractivity contribution is 0.948. The van der Waals surface area contributed by atoms with E-state index in [1.165, 1.54) is 16.0 Å².